The van der Waals surface area contributed by atoms with Gasteiger partial charge in [0.1, 0.15) is 0 Å². The SMILES string of the molecule is Cc1ccc(CC(=O)NCc2c[nH]c3ccccc23)cc1. The van der Waals surface area contributed by atoms with Gasteiger partial charge in [0, 0.05) is 23.6 Å². The molecule has 3 nitrogen and oxygen atoms in total. The maximum absolute atomic E-state index is 12.0. The number of rotatable bonds is 4. The summed E-state index contributed by atoms with van der Waals surface area (Å²) in [6, 6.07) is 16.2. The van der Waals surface area contributed by atoms with Gasteiger partial charge in [-0.1, -0.05) is 48.0 Å². The van der Waals surface area contributed by atoms with Crippen molar-refractivity contribution in [1.29, 1.82) is 0 Å². The molecule has 0 saturated carbocycles. The van der Waals surface area contributed by atoms with Crippen molar-refractivity contribution >= 4 is 16.8 Å². The molecule has 0 aliphatic heterocycles. The molecule has 0 spiro atoms. The minimum absolute atomic E-state index is 0.0455. The van der Waals surface area contributed by atoms with Gasteiger partial charge in [0.25, 0.3) is 0 Å². The second-order valence-corrected chi connectivity index (χ2v) is 5.30. The van der Waals surface area contributed by atoms with E-state index in [-0.39, 0.29) is 5.91 Å². The molecule has 1 heterocycles. The highest BCUT2D eigenvalue weighted by Crippen LogP contribution is 2.17. The predicted octanol–water partition coefficient (Wildman–Crippen LogP) is 3.34. The third-order valence-corrected chi connectivity index (χ3v) is 3.64. The molecule has 0 unspecified atom stereocenters. The average Bonchev–Trinajstić information content (AvgIpc) is 2.91. The minimum Gasteiger partial charge on any atom is -0.361 e. The van der Waals surface area contributed by atoms with E-state index in [9.17, 15) is 4.79 Å². The number of aromatic amines is 1. The molecule has 21 heavy (non-hydrogen) atoms. The van der Waals surface area contributed by atoms with Crippen molar-refractivity contribution in [1.82, 2.24) is 10.3 Å². The fourth-order valence-electron chi connectivity index (χ4n) is 2.43. The number of H-pyrrole nitrogens is 1. The number of nitrogens with one attached hydrogen (secondary N) is 2. The quantitative estimate of drug-likeness (QED) is 0.755. The highest BCUT2D eigenvalue weighted by Gasteiger charge is 2.06. The first kappa shape index (κ1) is 13.4. The normalized spacial score (nSPS) is 10.7. The third-order valence-electron chi connectivity index (χ3n) is 3.64. The summed E-state index contributed by atoms with van der Waals surface area (Å²) in [5.74, 6) is 0.0455. The summed E-state index contributed by atoms with van der Waals surface area (Å²) in [5.41, 5.74) is 4.46. The molecule has 0 aliphatic carbocycles. The maximum Gasteiger partial charge on any atom is 0.224 e. The van der Waals surface area contributed by atoms with Crippen LogP contribution in [0.15, 0.2) is 54.7 Å². The lowest BCUT2D eigenvalue weighted by Gasteiger charge is -2.05. The smallest absolute Gasteiger partial charge is 0.224 e. The molecular formula is C18H18N2O. The van der Waals surface area contributed by atoms with Crippen LogP contribution in [0.2, 0.25) is 0 Å². The van der Waals surface area contributed by atoms with Crippen molar-refractivity contribution in [2.75, 3.05) is 0 Å². The molecule has 3 heteroatoms. The van der Waals surface area contributed by atoms with E-state index in [0.29, 0.717) is 13.0 Å². The second kappa shape index (κ2) is 5.83. The molecule has 2 aromatic carbocycles. The van der Waals surface area contributed by atoms with Gasteiger partial charge in [-0.3, -0.25) is 4.79 Å². The number of aromatic nitrogens is 1. The number of hydrogen-bond donors (Lipinski definition) is 2. The zero-order valence-corrected chi connectivity index (χ0v) is 12.0. The van der Waals surface area contributed by atoms with E-state index < -0.39 is 0 Å². The van der Waals surface area contributed by atoms with Crippen LogP contribution in [-0.4, -0.2) is 10.9 Å². The monoisotopic (exact) mass is 278 g/mol. The molecule has 106 valence electrons. The van der Waals surface area contributed by atoms with E-state index in [1.165, 1.54) is 5.56 Å². The van der Waals surface area contributed by atoms with Gasteiger partial charge in [-0.05, 0) is 24.1 Å². The zero-order chi connectivity index (χ0) is 14.7. The first-order valence-electron chi connectivity index (χ1n) is 7.09. The Morgan fingerprint density at radius 2 is 1.86 bits per heavy atom. The number of hydrogen-bond acceptors (Lipinski definition) is 1. The van der Waals surface area contributed by atoms with E-state index in [1.54, 1.807) is 0 Å². The summed E-state index contributed by atoms with van der Waals surface area (Å²) in [4.78, 5) is 15.2. The van der Waals surface area contributed by atoms with E-state index >= 15 is 0 Å². The first-order valence-corrected chi connectivity index (χ1v) is 7.09. The predicted molar refractivity (Wildman–Crippen MR) is 85.0 cm³/mol. The molecular weight excluding hydrogens is 260 g/mol. The first-order chi connectivity index (χ1) is 10.2. The van der Waals surface area contributed by atoms with Gasteiger partial charge in [-0.15, -0.1) is 0 Å². The van der Waals surface area contributed by atoms with Gasteiger partial charge in [0.05, 0.1) is 6.42 Å². The Balaban J connectivity index is 1.62. The molecule has 3 aromatic rings. The number of carbonyl (C=O) groups is 1. The lowest BCUT2D eigenvalue weighted by Crippen LogP contribution is -2.24. The van der Waals surface area contributed by atoms with Gasteiger partial charge in [0.2, 0.25) is 5.91 Å². The van der Waals surface area contributed by atoms with Crippen LogP contribution < -0.4 is 5.32 Å². The fourth-order valence-corrected chi connectivity index (χ4v) is 2.43. The van der Waals surface area contributed by atoms with Crippen molar-refractivity contribution in [2.45, 2.75) is 19.9 Å². The molecule has 2 N–H and O–H groups in total. The van der Waals surface area contributed by atoms with Gasteiger partial charge < -0.3 is 10.3 Å². The summed E-state index contributed by atoms with van der Waals surface area (Å²) in [5, 5.41) is 4.14. The molecule has 0 aliphatic rings. The lowest BCUT2D eigenvalue weighted by atomic mass is 10.1. The number of para-hydroxylation sites is 1. The minimum atomic E-state index is 0.0455. The van der Waals surface area contributed by atoms with Crippen LogP contribution in [0.25, 0.3) is 10.9 Å². The molecule has 0 atom stereocenters. The van der Waals surface area contributed by atoms with Gasteiger partial charge in [-0.2, -0.15) is 0 Å². The van der Waals surface area contributed by atoms with Gasteiger partial charge in [0.15, 0.2) is 0 Å². The van der Waals surface area contributed by atoms with Crippen LogP contribution in [0, 0.1) is 6.92 Å². The lowest BCUT2D eigenvalue weighted by molar-refractivity contribution is -0.120. The highest BCUT2D eigenvalue weighted by molar-refractivity contribution is 5.84. The van der Waals surface area contributed by atoms with E-state index in [1.807, 2.05) is 55.6 Å². The highest BCUT2D eigenvalue weighted by atomic mass is 16.1. The molecule has 0 bridgehead atoms. The van der Waals surface area contributed by atoms with E-state index in [2.05, 4.69) is 16.4 Å². The number of aryl methyl sites for hydroxylation is 1. The summed E-state index contributed by atoms with van der Waals surface area (Å²) in [6.45, 7) is 2.59. The van der Waals surface area contributed by atoms with Crippen LogP contribution in [0.5, 0.6) is 0 Å². The number of carbonyl (C=O) groups excluding carboxylic acids is 1. The summed E-state index contributed by atoms with van der Waals surface area (Å²) >= 11 is 0. The standard InChI is InChI=1S/C18H18N2O/c1-13-6-8-14(9-7-13)10-18(21)20-12-15-11-19-17-5-3-2-4-16(15)17/h2-9,11,19H,10,12H2,1H3,(H,20,21). The van der Waals surface area contributed by atoms with Gasteiger partial charge in [-0.25, -0.2) is 0 Å². The maximum atomic E-state index is 12.0. The number of amides is 1. The Labute approximate surface area is 124 Å². The van der Waals surface area contributed by atoms with Crippen molar-refractivity contribution in [3.63, 3.8) is 0 Å². The summed E-state index contributed by atoms with van der Waals surface area (Å²) < 4.78 is 0. The fraction of sp³-hybridized carbons (Fsp3) is 0.167. The molecule has 0 saturated heterocycles. The van der Waals surface area contributed by atoms with Crippen LogP contribution in [0.4, 0.5) is 0 Å². The Morgan fingerprint density at radius 1 is 1.10 bits per heavy atom. The zero-order valence-electron chi connectivity index (χ0n) is 12.0. The molecule has 0 fully saturated rings. The van der Waals surface area contributed by atoms with E-state index in [4.69, 9.17) is 0 Å². The Morgan fingerprint density at radius 3 is 2.67 bits per heavy atom. The Hall–Kier alpha value is -2.55. The topological polar surface area (TPSA) is 44.9 Å². The molecule has 1 amide bonds. The summed E-state index contributed by atoms with van der Waals surface area (Å²) in [7, 11) is 0. The van der Waals surface area contributed by atoms with Crippen LogP contribution in [0.3, 0.4) is 0 Å². The van der Waals surface area contributed by atoms with Crippen LogP contribution >= 0.6 is 0 Å². The van der Waals surface area contributed by atoms with Crippen molar-refractivity contribution < 1.29 is 4.79 Å². The average molecular weight is 278 g/mol. The third kappa shape index (κ3) is 3.14. The largest absolute Gasteiger partial charge is 0.361 e. The molecule has 0 radical (unpaired) electrons. The molecule has 3 rings (SSSR count). The van der Waals surface area contributed by atoms with Gasteiger partial charge >= 0.3 is 0 Å². The van der Waals surface area contributed by atoms with Crippen molar-refractivity contribution in [3.05, 3.63) is 71.4 Å². The van der Waals surface area contributed by atoms with Crippen LogP contribution in [-0.2, 0) is 17.8 Å². The molecule has 1 aromatic heterocycles. The second-order valence-electron chi connectivity index (χ2n) is 5.30. The number of fused-ring (bicyclic) bond motifs is 1. The summed E-state index contributed by atoms with van der Waals surface area (Å²) in [6.07, 6.45) is 2.37. The Bertz CT molecular complexity index is 756. The Kier molecular flexibility index (Phi) is 3.73. The van der Waals surface area contributed by atoms with Crippen molar-refractivity contribution in [3.8, 4) is 0 Å². The van der Waals surface area contributed by atoms with Crippen LogP contribution in [0.1, 0.15) is 16.7 Å². The number of benzene rings is 2. The van der Waals surface area contributed by atoms with Crippen molar-refractivity contribution in [2.24, 2.45) is 0 Å². The van der Waals surface area contributed by atoms with E-state index in [0.717, 1.165) is 22.0 Å².